The Balaban J connectivity index is 1.55. The Morgan fingerprint density at radius 3 is 2.91 bits per heavy atom. The third-order valence-corrected chi connectivity index (χ3v) is 4.05. The minimum atomic E-state index is 0.699. The zero-order valence-electron chi connectivity index (χ0n) is 12.9. The molecule has 7 nitrogen and oxygen atoms in total. The van der Waals surface area contributed by atoms with Crippen molar-refractivity contribution in [3.63, 3.8) is 0 Å². The predicted molar refractivity (Wildman–Crippen MR) is 83.7 cm³/mol. The van der Waals surface area contributed by atoms with E-state index in [1.54, 1.807) is 4.68 Å². The second-order valence-corrected chi connectivity index (χ2v) is 5.69. The van der Waals surface area contributed by atoms with Gasteiger partial charge in [0.1, 0.15) is 5.82 Å². The number of rotatable bonds is 3. The van der Waals surface area contributed by atoms with E-state index in [-0.39, 0.29) is 0 Å². The van der Waals surface area contributed by atoms with Crippen LogP contribution in [0.4, 0.5) is 0 Å². The summed E-state index contributed by atoms with van der Waals surface area (Å²) >= 11 is 0. The highest BCUT2D eigenvalue weighted by molar-refractivity contribution is 5.30. The second-order valence-electron chi connectivity index (χ2n) is 5.69. The van der Waals surface area contributed by atoms with E-state index in [1.165, 1.54) is 5.56 Å². The van der Waals surface area contributed by atoms with Crippen molar-refractivity contribution in [1.82, 2.24) is 35.1 Å². The molecular formula is C16H17N7. The third kappa shape index (κ3) is 2.83. The van der Waals surface area contributed by atoms with E-state index in [9.17, 15) is 0 Å². The van der Waals surface area contributed by atoms with Gasteiger partial charge in [-0.05, 0) is 41.5 Å². The van der Waals surface area contributed by atoms with Crippen molar-refractivity contribution < 1.29 is 0 Å². The van der Waals surface area contributed by atoms with Gasteiger partial charge in [-0.15, -0.1) is 5.10 Å². The smallest absolute Gasteiger partial charge is 0.170 e. The molecule has 116 valence electrons. The first-order valence-corrected chi connectivity index (χ1v) is 7.66. The summed E-state index contributed by atoms with van der Waals surface area (Å²) in [6.45, 7) is 4.39. The standard InChI is InChI=1S/C16H17N7/c1-12-17-9-13-7-8-22(10-15(13)18-12)11-16-19-20-21-23(16)14-5-3-2-4-6-14/h2-6,9H,7-8,10-11H2,1H3. The average Bonchev–Trinajstić information content (AvgIpc) is 3.03. The molecular weight excluding hydrogens is 290 g/mol. The normalized spacial score (nSPS) is 14.7. The van der Waals surface area contributed by atoms with Crippen molar-refractivity contribution in [2.75, 3.05) is 6.54 Å². The Morgan fingerprint density at radius 1 is 1.17 bits per heavy atom. The van der Waals surface area contributed by atoms with Crippen LogP contribution >= 0.6 is 0 Å². The second kappa shape index (κ2) is 5.85. The molecule has 23 heavy (non-hydrogen) atoms. The number of fused-ring (bicyclic) bond motifs is 1. The molecule has 0 spiro atoms. The lowest BCUT2D eigenvalue weighted by Gasteiger charge is -2.27. The first-order valence-electron chi connectivity index (χ1n) is 7.66. The largest absolute Gasteiger partial charge is 0.290 e. The molecule has 0 aliphatic carbocycles. The minimum absolute atomic E-state index is 0.699. The van der Waals surface area contributed by atoms with Crippen molar-refractivity contribution in [2.45, 2.75) is 26.4 Å². The lowest BCUT2D eigenvalue weighted by Crippen LogP contribution is -2.32. The predicted octanol–water partition coefficient (Wildman–Crippen LogP) is 1.32. The number of hydrogen-bond donors (Lipinski definition) is 0. The van der Waals surface area contributed by atoms with Crippen molar-refractivity contribution in [3.05, 3.63) is 59.4 Å². The van der Waals surface area contributed by atoms with Crippen molar-refractivity contribution in [2.24, 2.45) is 0 Å². The van der Waals surface area contributed by atoms with Gasteiger partial charge < -0.3 is 0 Å². The van der Waals surface area contributed by atoms with E-state index in [1.807, 2.05) is 43.5 Å². The first-order chi connectivity index (χ1) is 11.3. The zero-order chi connectivity index (χ0) is 15.6. The average molecular weight is 307 g/mol. The Hall–Kier alpha value is -2.67. The van der Waals surface area contributed by atoms with Crippen molar-refractivity contribution >= 4 is 0 Å². The summed E-state index contributed by atoms with van der Waals surface area (Å²) in [5.74, 6) is 1.66. The summed E-state index contributed by atoms with van der Waals surface area (Å²) in [4.78, 5) is 11.2. The van der Waals surface area contributed by atoms with Crippen molar-refractivity contribution in [1.29, 1.82) is 0 Å². The van der Waals surface area contributed by atoms with Gasteiger partial charge in [-0.2, -0.15) is 4.68 Å². The summed E-state index contributed by atoms with van der Waals surface area (Å²) in [6, 6.07) is 9.95. The molecule has 4 rings (SSSR count). The number of hydrogen-bond acceptors (Lipinski definition) is 6. The van der Waals surface area contributed by atoms with Crippen LogP contribution in [0, 0.1) is 6.92 Å². The summed E-state index contributed by atoms with van der Waals surface area (Å²) in [5.41, 5.74) is 3.33. The molecule has 0 N–H and O–H groups in total. The number of tetrazole rings is 1. The summed E-state index contributed by atoms with van der Waals surface area (Å²) in [6.07, 6.45) is 2.91. The van der Waals surface area contributed by atoms with Gasteiger partial charge in [0.05, 0.1) is 17.9 Å². The topological polar surface area (TPSA) is 72.6 Å². The Labute approximate surface area is 134 Å². The molecule has 1 aromatic carbocycles. The highest BCUT2D eigenvalue weighted by Gasteiger charge is 2.20. The van der Waals surface area contributed by atoms with Crippen LogP contribution in [-0.4, -0.2) is 41.6 Å². The molecule has 1 aliphatic rings. The summed E-state index contributed by atoms with van der Waals surface area (Å²) in [7, 11) is 0. The number of aryl methyl sites for hydroxylation is 1. The van der Waals surface area contributed by atoms with Gasteiger partial charge in [0.15, 0.2) is 5.82 Å². The van der Waals surface area contributed by atoms with Crippen LogP contribution in [0.25, 0.3) is 5.69 Å². The van der Waals surface area contributed by atoms with E-state index in [0.717, 1.165) is 42.5 Å². The third-order valence-electron chi connectivity index (χ3n) is 4.05. The molecule has 0 radical (unpaired) electrons. The molecule has 0 atom stereocenters. The van der Waals surface area contributed by atoms with Crippen LogP contribution in [-0.2, 0) is 19.5 Å². The molecule has 1 aliphatic heterocycles. The van der Waals surface area contributed by atoms with Crippen LogP contribution in [0.15, 0.2) is 36.5 Å². The SMILES string of the molecule is Cc1ncc2c(n1)CN(Cc1nnnn1-c1ccccc1)CC2. The molecule has 7 heteroatoms. The number of nitrogens with zero attached hydrogens (tertiary/aromatic N) is 7. The van der Waals surface area contributed by atoms with Gasteiger partial charge in [-0.1, -0.05) is 18.2 Å². The monoisotopic (exact) mass is 307 g/mol. The minimum Gasteiger partial charge on any atom is -0.290 e. The molecule has 0 bridgehead atoms. The molecule has 3 aromatic rings. The molecule has 2 aromatic heterocycles. The molecule has 0 fully saturated rings. The Kier molecular flexibility index (Phi) is 3.55. The fourth-order valence-electron chi connectivity index (χ4n) is 2.87. The van der Waals surface area contributed by atoms with Crippen LogP contribution in [0.3, 0.4) is 0 Å². The molecule has 0 amide bonds. The van der Waals surface area contributed by atoms with Gasteiger partial charge in [-0.3, -0.25) is 4.90 Å². The zero-order valence-corrected chi connectivity index (χ0v) is 12.9. The summed E-state index contributed by atoms with van der Waals surface area (Å²) < 4.78 is 1.79. The van der Waals surface area contributed by atoms with E-state index in [4.69, 9.17) is 0 Å². The van der Waals surface area contributed by atoms with E-state index in [2.05, 4.69) is 30.4 Å². The molecule has 0 unspecified atom stereocenters. The highest BCUT2D eigenvalue weighted by atomic mass is 15.5. The molecule has 0 saturated carbocycles. The highest BCUT2D eigenvalue weighted by Crippen LogP contribution is 2.18. The van der Waals surface area contributed by atoms with Gasteiger partial charge >= 0.3 is 0 Å². The number of benzene rings is 1. The maximum atomic E-state index is 4.56. The maximum Gasteiger partial charge on any atom is 0.170 e. The van der Waals surface area contributed by atoms with Crippen LogP contribution in [0.2, 0.25) is 0 Å². The van der Waals surface area contributed by atoms with Gasteiger partial charge in [-0.25, -0.2) is 9.97 Å². The van der Waals surface area contributed by atoms with E-state index >= 15 is 0 Å². The maximum absolute atomic E-state index is 4.56. The van der Waals surface area contributed by atoms with E-state index < -0.39 is 0 Å². The molecule has 0 saturated heterocycles. The van der Waals surface area contributed by atoms with Crippen LogP contribution in [0.1, 0.15) is 22.9 Å². The summed E-state index contributed by atoms with van der Waals surface area (Å²) in [5, 5.41) is 12.1. The van der Waals surface area contributed by atoms with Crippen LogP contribution in [0.5, 0.6) is 0 Å². The lowest BCUT2D eigenvalue weighted by molar-refractivity contribution is 0.233. The number of aromatic nitrogens is 6. The quantitative estimate of drug-likeness (QED) is 0.726. The first kappa shape index (κ1) is 14.0. The fraction of sp³-hybridized carbons (Fsp3) is 0.312. The van der Waals surface area contributed by atoms with Gasteiger partial charge in [0.2, 0.25) is 0 Å². The van der Waals surface area contributed by atoms with Gasteiger partial charge in [0, 0.05) is 19.3 Å². The van der Waals surface area contributed by atoms with Crippen LogP contribution < -0.4 is 0 Å². The fourth-order valence-corrected chi connectivity index (χ4v) is 2.87. The lowest BCUT2D eigenvalue weighted by atomic mass is 10.1. The Morgan fingerprint density at radius 2 is 2.04 bits per heavy atom. The van der Waals surface area contributed by atoms with Gasteiger partial charge in [0.25, 0.3) is 0 Å². The molecule has 3 heterocycles. The Bertz CT molecular complexity index is 812. The van der Waals surface area contributed by atoms with Crippen molar-refractivity contribution in [3.8, 4) is 5.69 Å². The number of para-hydroxylation sites is 1. The van der Waals surface area contributed by atoms with E-state index in [0.29, 0.717) is 6.54 Å².